The lowest BCUT2D eigenvalue weighted by Gasteiger charge is -2.07. The van der Waals surface area contributed by atoms with Gasteiger partial charge < -0.3 is 19.1 Å². The molecule has 0 saturated heterocycles. The SMILES string of the molecule is COCCn1ccc2cc(-n3cc4ccc(OC)cc4c3O)ccc21. The molecule has 1 N–H and O–H groups in total. The van der Waals surface area contributed by atoms with E-state index in [1.807, 2.05) is 30.5 Å². The van der Waals surface area contributed by atoms with Gasteiger partial charge in [0.05, 0.1) is 13.7 Å². The summed E-state index contributed by atoms with van der Waals surface area (Å²) in [5, 5.41) is 13.5. The second-order valence-corrected chi connectivity index (χ2v) is 6.02. The van der Waals surface area contributed by atoms with Gasteiger partial charge in [0, 0.05) is 53.4 Å². The van der Waals surface area contributed by atoms with E-state index in [1.54, 1.807) is 18.8 Å². The predicted molar refractivity (Wildman–Crippen MR) is 98.9 cm³/mol. The molecule has 0 aliphatic heterocycles. The van der Waals surface area contributed by atoms with Crippen molar-refractivity contribution in [3.63, 3.8) is 0 Å². The molecule has 0 spiro atoms. The molecular formula is C20H20N2O3. The molecule has 0 radical (unpaired) electrons. The molecule has 0 atom stereocenters. The van der Waals surface area contributed by atoms with Crippen LogP contribution in [-0.2, 0) is 11.3 Å². The maximum Gasteiger partial charge on any atom is 0.203 e. The van der Waals surface area contributed by atoms with Crippen LogP contribution in [0, 0.1) is 0 Å². The maximum absolute atomic E-state index is 10.6. The Morgan fingerprint density at radius 1 is 1.00 bits per heavy atom. The molecule has 2 aromatic heterocycles. The molecule has 5 nitrogen and oxygen atoms in total. The standard InChI is InChI=1S/C20H20N2O3/c1-24-10-9-21-8-7-14-11-16(4-6-19(14)21)22-13-15-3-5-17(25-2)12-18(15)20(22)23/h3-8,11-13,23H,9-10H2,1-2H3. The highest BCUT2D eigenvalue weighted by atomic mass is 16.5. The summed E-state index contributed by atoms with van der Waals surface area (Å²) in [5.41, 5.74) is 2.07. The number of ether oxygens (including phenoxy) is 2. The number of nitrogens with zero attached hydrogens (tertiary/aromatic N) is 2. The third kappa shape index (κ3) is 2.62. The lowest BCUT2D eigenvalue weighted by molar-refractivity contribution is 0.188. The summed E-state index contributed by atoms with van der Waals surface area (Å²) in [5.74, 6) is 0.943. The molecule has 0 unspecified atom stereocenters. The second-order valence-electron chi connectivity index (χ2n) is 6.02. The molecule has 0 aliphatic rings. The highest BCUT2D eigenvalue weighted by molar-refractivity contribution is 5.90. The van der Waals surface area contributed by atoms with Crippen molar-refractivity contribution in [2.45, 2.75) is 6.54 Å². The number of hydrogen-bond acceptors (Lipinski definition) is 3. The van der Waals surface area contributed by atoms with Crippen molar-refractivity contribution in [2.75, 3.05) is 20.8 Å². The molecule has 2 aromatic carbocycles. The van der Waals surface area contributed by atoms with Gasteiger partial charge in [-0.1, -0.05) is 0 Å². The molecule has 25 heavy (non-hydrogen) atoms. The molecule has 128 valence electrons. The Hall–Kier alpha value is -2.92. The van der Waals surface area contributed by atoms with Crippen molar-refractivity contribution < 1.29 is 14.6 Å². The van der Waals surface area contributed by atoms with Gasteiger partial charge in [0.15, 0.2) is 0 Å². The van der Waals surface area contributed by atoms with Crippen molar-refractivity contribution in [2.24, 2.45) is 0 Å². The molecule has 5 heteroatoms. The lowest BCUT2D eigenvalue weighted by atomic mass is 10.2. The molecule has 0 saturated carbocycles. The van der Waals surface area contributed by atoms with E-state index < -0.39 is 0 Å². The summed E-state index contributed by atoms with van der Waals surface area (Å²) < 4.78 is 14.4. The minimum Gasteiger partial charge on any atom is -0.497 e. The molecule has 0 bridgehead atoms. The summed E-state index contributed by atoms with van der Waals surface area (Å²) in [6.45, 7) is 1.49. The van der Waals surface area contributed by atoms with Crippen molar-refractivity contribution in [1.82, 2.24) is 9.13 Å². The van der Waals surface area contributed by atoms with E-state index in [0.717, 1.165) is 39.7 Å². The number of benzene rings is 2. The number of hydrogen-bond donors (Lipinski definition) is 1. The average Bonchev–Trinajstić information content (AvgIpc) is 3.20. The normalized spacial score (nSPS) is 11.4. The summed E-state index contributed by atoms with van der Waals surface area (Å²) >= 11 is 0. The van der Waals surface area contributed by atoms with E-state index in [0.29, 0.717) is 6.61 Å². The van der Waals surface area contributed by atoms with Gasteiger partial charge in [0.1, 0.15) is 5.75 Å². The molecule has 0 amide bonds. The van der Waals surface area contributed by atoms with Crippen molar-refractivity contribution in [1.29, 1.82) is 0 Å². The van der Waals surface area contributed by atoms with Gasteiger partial charge in [0.25, 0.3) is 0 Å². The van der Waals surface area contributed by atoms with Crippen molar-refractivity contribution in [3.8, 4) is 17.3 Å². The second kappa shape index (κ2) is 6.18. The fraction of sp³-hybridized carbons (Fsp3) is 0.200. The van der Waals surface area contributed by atoms with Crippen LogP contribution in [0.3, 0.4) is 0 Å². The highest BCUT2D eigenvalue weighted by Crippen LogP contribution is 2.33. The summed E-state index contributed by atoms with van der Waals surface area (Å²) in [6, 6.07) is 13.9. The zero-order chi connectivity index (χ0) is 17.4. The van der Waals surface area contributed by atoms with Crippen LogP contribution in [0.15, 0.2) is 54.9 Å². The molecular weight excluding hydrogens is 316 g/mol. The fourth-order valence-corrected chi connectivity index (χ4v) is 3.22. The van der Waals surface area contributed by atoms with Gasteiger partial charge in [0.2, 0.25) is 5.88 Å². The summed E-state index contributed by atoms with van der Waals surface area (Å²) in [4.78, 5) is 0. The first kappa shape index (κ1) is 15.6. The van der Waals surface area contributed by atoms with E-state index in [4.69, 9.17) is 9.47 Å². The summed E-state index contributed by atoms with van der Waals surface area (Å²) in [7, 11) is 3.33. The van der Waals surface area contributed by atoms with E-state index in [1.165, 1.54) is 0 Å². The van der Waals surface area contributed by atoms with Gasteiger partial charge in [-0.2, -0.15) is 0 Å². The summed E-state index contributed by atoms with van der Waals surface area (Å²) in [6.07, 6.45) is 4.00. The molecule has 4 aromatic rings. The van der Waals surface area contributed by atoms with E-state index >= 15 is 0 Å². The van der Waals surface area contributed by atoms with Gasteiger partial charge in [-0.15, -0.1) is 0 Å². The van der Waals surface area contributed by atoms with E-state index in [2.05, 4.69) is 29.0 Å². The minimum atomic E-state index is 0.215. The first-order chi connectivity index (χ1) is 12.2. The van der Waals surface area contributed by atoms with Gasteiger partial charge in [-0.05, 0) is 42.5 Å². The van der Waals surface area contributed by atoms with Crippen LogP contribution in [-0.4, -0.2) is 35.1 Å². The highest BCUT2D eigenvalue weighted by Gasteiger charge is 2.12. The van der Waals surface area contributed by atoms with Crippen molar-refractivity contribution in [3.05, 3.63) is 54.9 Å². The number of methoxy groups -OCH3 is 2. The Bertz CT molecular complexity index is 1050. The monoisotopic (exact) mass is 336 g/mol. The number of aromatic nitrogens is 2. The lowest BCUT2D eigenvalue weighted by Crippen LogP contribution is -2.02. The fourth-order valence-electron chi connectivity index (χ4n) is 3.22. The number of aromatic hydroxyl groups is 1. The topological polar surface area (TPSA) is 48.5 Å². The average molecular weight is 336 g/mol. The van der Waals surface area contributed by atoms with Crippen molar-refractivity contribution >= 4 is 21.7 Å². The van der Waals surface area contributed by atoms with E-state index in [9.17, 15) is 5.11 Å². The molecule has 0 aliphatic carbocycles. The van der Waals surface area contributed by atoms with E-state index in [-0.39, 0.29) is 5.88 Å². The van der Waals surface area contributed by atoms with Crippen LogP contribution in [0.4, 0.5) is 0 Å². The Morgan fingerprint density at radius 2 is 1.88 bits per heavy atom. The molecule has 0 fully saturated rings. The Morgan fingerprint density at radius 3 is 2.68 bits per heavy atom. The van der Waals surface area contributed by atoms with Crippen LogP contribution in [0.25, 0.3) is 27.4 Å². The molecule has 4 rings (SSSR count). The smallest absolute Gasteiger partial charge is 0.203 e. The largest absolute Gasteiger partial charge is 0.497 e. The van der Waals surface area contributed by atoms with Crippen LogP contribution in [0.5, 0.6) is 11.6 Å². The van der Waals surface area contributed by atoms with Crippen LogP contribution in [0.1, 0.15) is 0 Å². The van der Waals surface area contributed by atoms with Gasteiger partial charge >= 0.3 is 0 Å². The first-order valence-corrected chi connectivity index (χ1v) is 8.17. The Kier molecular flexibility index (Phi) is 3.86. The quantitative estimate of drug-likeness (QED) is 0.600. The van der Waals surface area contributed by atoms with Crippen LogP contribution >= 0.6 is 0 Å². The number of fused-ring (bicyclic) bond motifs is 2. The van der Waals surface area contributed by atoms with Gasteiger partial charge in [-0.25, -0.2) is 0 Å². The number of rotatable bonds is 5. The predicted octanol–water partition coefficient (Wildman–Crippen LogP) is 3.95. The Labute approximate surface area is 145 Å². The maximum atomic E-state index is 10.6. The van der Waals surface area contributed by atoms with Crippen LogP contribution < -0.4 is 4.74 Å². The first-order valence-electron chi connectivity index (χ1n) is 8.17. The zero-order valence-corrected chi connectivity index (χ0v) is 14.3. The third-order valence-electron chi connectivity index (χ3n) is 4.57. The zero-order valence-electron chi connectivity index (χ0n) is 14.3. The third-order valence-corrected chi connectivity index (χ3v) is 4.57. The van der Waals surface area contributed by atoms with Gasteiger partial charge in [-0.3, -0.25) is 4.57 Å². The Balaban J connectivity index is 1.79. The minimum absolute atomic E-state index is 0.215. The van der Waals surface area contributed by atoms with Crippen LogP contribution in [0.2, 0.25) is 0 Å². The molecule has 2 heterocycles.